The summed E-state index contributed by atoms with van der Waals surface area (Å²) in [4.78, 5) is 4.03. The Morgan fingerprint density at radius 3 is 2.76 bits per heavy atom. The van der Waals surface area contributed by atoms with E-state index in [-0.39, 0.29) is 5.75 Å². The predicted octanol–water partition coefficient (Wildman–Crippen LogP) is 3.19. The molecular weight excluding hydrogens is 374 g/mol. The van der Waals surface area contributed by atoms with Gasteiger partial charge in [-0.15, -0.1) is 0 Å². The third kappa shape index (κ3) is 7.01. The third-order valence-corrected chi connectivity index (χ3v) is 6.25. The standard InChI is InChI=1S/C17H21N3O2S3/c1-2-15-7-3-4-8-16(15)20-25(21,22)11-10-24-17(23)19-13-14-6-5-9-18-12-14/h3-9,12,20H,2,10-11,13H2,1H3,(H,19,23). The molecule has 0 aliphatic rings. The number of thiocarbonyl (C=S) groups is 1. The first kappa shape index (κ1) is 19.7. The van der Waals surface area contributed by atoms with Gasteiger partial charge in [0.1, 0.15) is 4.32 Å². The SMILES string of the molecule is CCc1ccccc1NS(=O)(=O)CCSC(=S)NCc1cccnc1. The number of hydrogen-bond donors (Lipinski definition) is 2. The summed E-state index contributed by atoms with van der Waals surface area (Å²) < 4.78 is 27.7. The number of sulfonamides is 1. The Hall–Kier alpha value is -1.64. The van der Waals surface area contributed by atoms with Crippen LogP contribution in [0.15, 0.2) is 48.8 Å². The molecule has 134 valence electrons. The van der Waals surface area contributed by atoms with Crippen molar-refractivity contribution in [2.45, 2.75) is 19.9 Å². The van der Waals surface area contributed by atoms with Crippen LogP contribution in [-0.4, -0.2) is 29.2 Å². The predicted molar refractivity (Wildman–Crippen MR) is 109 cm³/mol. The molecule has 0 spiro atoms. The molecule has 2 aromatic rings. The van der Waals surface area contributed by atoms with E-state index < -0.39 is 10.0 Å². The summed E-state index contributed by atoms with van der Waals surface area (Å²) in [5.74, 6) is 0.396. The number of nitrogens with zero attached hydrogens (tertiary/aromatic N) is 1. The van der Waals surface area contributed by atoms with Gasteiger partial charge in [0, 0.05) is 24.7 Å². The van der Waals surface area contributed by atoms with E-state index in [1.54, 1.807) is 18.5 Å². The lowest BCUT2D eigenvalue weighted by atomic mass is 10.1. The number of para-hydroxylation sites is 1. The zero-order chi connectivity index (χ0) is 18.1. The number of aromatic nitrogens is 1. The van der Waals surface area contributed by atoms with Crippen LogP contribution in [0.2, 0.25) is 0 Å². The normalized spacial score (nSPS) is 11.1. The number of nitrogens with one attached hydrogen (secondary N) is 2. The van der Waals surface area contributed by atoms with Crippen molar-refractivity contribution in [3.8, 4) is 0 Å². The molecule has 0 amide bonds. The molecular formula is C17H21N3O2S3. The van der Waals surface area contributed by atoms with Gasteiger partial charge in [0.15, 0.2) is 0 Å². The molecule has 25 heavy (non-hydrogen) atoms. The number of hydrogen-bond acceptors (Lipinski definition) is 5. The van der Waals surface area contributed by atoms with Gasteiger partial charge in [-0.3, -0.25) is 9.71 Å². The van der Waals surface area contributed by atoms with Crippen molar-refractivity contribution in [2.75, 3.05) is 16.2 Å². The highest BCUT2D eigenvalue weighted by molar-refractivity contribution is 8.23. The zero-order valence-electron chi connectivity index (χ0n) is 13.9. The van der Waals surface area contributed by atoms with Crippen LogP contribution in [0.3, 0.4) is 0 Å². The summed E-state index contributed by atoms with van der Waals surface area (Å²) in [6.07, 6.45) is 4.25. The van der Waals surface area contributed by atoms with E-state index in [9.17, 15) is 8.42 Å². The van der Waals surface area contributed by atoms with Gasteiger partial charge in [0.2, 0.25) is 10.0 Å². The van der Waals surface area contributed by atoms with Gasteiger partial charge in [-0.25, -0.2) is 8.42 Å². The Morgan fingerprint density at radius 2 is 2.04 bits per heavy atom. The third-order valence-electron chi connectivity index (χ3n) is 3.41. The Kier molecular flexibility index (Phi) is 7.67. The van der Waals surface area contributed by atoms with Crippen molar-refractivity contribution >= 4 is 44.0 Å². The van der Waals surface area contributed by atoms with Gasteiger partial charge < -0.3 is 5.32 Å². The van der Waals surface area contributed by atoms with Crippen molar-refractivity contribution in [1.29, 1.82) is 0 Å². The largest absolute Gasteiger partial charge is 0.367 e. The second-order valence-corrected chi connectivity index (χ2v) is 8.90. The lowest BCUT2D eigenvalue weighted by molar-refractivity contribution is 0.602. The minimum absolute atomic E-state index is 0.00439. The summed E-state index contributed by atoms with van der Waals surface area (Å²) in [6, 6.07) is 11.2. The minimum Gasteiger partial charge on any atom is -0.367 e. The topological polar surface area (TPSA) is 71.1 Å². The fraction of sp³-hybridized carbons (Fsp3) is 0.294. The molecule has 1 heterocycles. The van der Waals surface area contributed by atoms with Crippen molar-refractivity contribution in [3.63, 3.8) is 0 Å². The smallest absolute Gasteiger partial charge is 0.233 e. The monoisotopic (exact) mass is 395 g/mol. The van der Waals surface area contributed by atoms with Crippen LogP contribution in [0, 0.1) is 0 Å². The molecule has 1 aromatic carbocycles. The molecule has 0 aliphatic carbocycles. The van der Waals surface area contributed by atoms with E-state index in [0.29, 0.717) is 22.3 Å². The molecule has 0 radical (unpaired) electrons. The van der Waals surface area contributed by atoms with E-state index in [1.807, 2.05) is 37.3 Å². The molecule has 0 unspecified atom stereocenters. The molecule has 0 fully saturated rings. The van der Waals surface area contributed by atoms with Gasteiger partial charge in [0.05, 0.1) is 11.4 Å². The number of rotatable bonds is 8. The van der Waals surface area contributed by atoms with Gasteiger partial charge >= 0.3 is 0 Å². The maximum absolute atomic E-state index is 12.2. The number of anilines is 1. The van der Waals surface area contributed by atoms with Crippen molar-refractivity contribution in [2.24, 2.45) is 0 Å². The van der Waals surface area contributed by atoms with Crippen LogP contribution in [0.5, 0.6) is 0 Å². The first-order valence-corrected chi connectivity index (χ1v) is 10.9. The fourth-order valence-corrected chi connectivity index (χ4v) is 4.65. The number of pyridine rings is 1. The van der Waals surface area contributed by atoms with Gasteiger partial charge in [-0.1, -0.05) is 55.2 Å². The average Bonchev–Trinajstić information content (AvgIpc) is 2.61. The van der Waals surface area contributed by atoms with Crippen molar-refractivity contribution in [1.82, 2.24) is 10.3 Å². The quantitative estimate of drug-likeness (QED) is 0.669. The van der Waals surface area contributed by atoms with Gasteiger partial charge in [-0.2, -0.15) is 0 Å². The Labute approximate surface area is 158 Å². The highest BCUT2D eigenvalue weighted by atomic mass is 32.2. The zero-order valence-corrected chi connectivity index (χ0v) is 16.4. The summed E-state index contributed by atoms with van der Waals surface area (Å²) in [6.45, 7) is 2.57. The summed E-state index contributed by atoms with van der Waals surface area (Å²) in [5, 5.41) is 3.09. The number of thioether (sulfide) groups is 1. The number of benzene rings is 1. The second-order valence-electron chi connectivity index (χ2n) is 5.28. The Balaban J connectivity index is 1.77. The maximum Gasteiger partial charge on any atom is 0.233 e. The van der Waals surface area contributed by atoms with E-state index >= 15 is 0 Å². The van der Waals surface area contributed by atoms with Crippen LogP contribution in [-0.2, 0) is 23.0 Å². The Morgan fingerprint density at radius 1 is 1.24 bits per heavy atom. The van der Waals surface area contributed by atoms with E-state index in [2.05, 4.69) is 15.0 Å². The molecule has 1 aromatic heterocycles. The molecule has 0 atom stereocenters. The van der Waals surface area contributed by atoms with Crippen LogP contribution < -0.4 is 10.0 Å². The maximum atomic E-state index is 12.2. The van der Waals surface area contributed by atoms with E-state index in [1.165, 1.54) is 11.8 Å². The Bertz CT molecular complexity index is 796. The summed E-state index contributed by atoms with van der Waals surface area (Å²) in [7, 11) is -3.40. The first-order chi connectivity index (χ1) is 12.0. The lowest BCUT2D eigenvalue weighted by Crippen LogP contribution is -2.22. The van der Waals surface area contributed by atoms with Crippen LogP contribution in [0.25, 0.3) is 0 Å². The highest BCUT2D eigenvalue weighted by Crippen LogP contribution is 2.17. The molecule has 5 nitrogen and oxygen atoms in total. The number of aryl methyl sites for hydroxylation is 1. The molecule has 2 N–H and O–H groups in total. The van der Waals surface area contributed by atoms with Gasteiger partial charge in [0.25, 0.3) is 0 Å². The molecule has 0 saturated carbocycles. The highest BCUT2D eigenvalue weighted by Gasteiger charge is 2.13. The van der Waals surface area contributed by atoms with E-state index in [4.69, 9.17) is 12.2 Å². The molecule has 8 heteroatoms. The average molecular weight is 396 g/mol. The summed E-state index contributed by atoms with van der Waals surface area (Å²) >= 11 is 6.55. The minimum atomic E-state index is -3.40. The lowest BCUT2D eigenvalue weighted by Gasteiger charge is -2.12. The second kappa shape index (κ2) is 9.74. The van der Waals surface area contributed by atoms with Crippen LogP contribution in [0.4, 0.5) is 5.69 Å². The molecule has 2 rings (SSSR count). The summed E-state index contributed by atoms with van der Waals surface area (Å²) in [5.41, 5.74) is 2.65. The van der Waals surface area contributed by atoms with Crippen LogP contribution >= 0.6 is 24.0 Å². The fourth-order valence-electron chi connectivity index (χ4n) is 2.12. The van der Waals surface area contributed by atoms with Crippen LogP contribution in [0.1, 0.15) is 18.1 Å². The van der Waals surface area contributed by atoms with Gasteiger partial charge in [-0.05, 0) is 29.7 Å². The van der Waals surface area contributed by atoms with E-state index in [0.717, 1.165) is 17.5 Å². The molecule has 0 saturated heterocycles. The van der Waals surface area contributed by atoms with Crippen molar-refractivity contribution < 1.29 is 8.42 Å². The molecule has 0 aliphatic heterocycles. The van der Waals surface area contributed by atoms with Crippen molar-refractivity contribution in [3.05, 3.63) is 59.9 Å². The molecule has 0 bridgehead atoms. The first-order valence-electron chi connectivity index (χ1n) is 7.88.